The van der Waals surface area contributed by atoms with Crippen LogP contribution in [0.5, 0.6) is 11.5 Å². The van der Waals surface area contributed by atoms with Crippen molar-refractivity contribution in [3.63, 3.8) is 0 Å². The van der Waals surface area contributed by atoms with Crippen LogP contribution in [-0.4, -0.2) is 31.1 Å². The predicted molar refractivity (Wildman–Crippen MR) is 88.5 cm³/mol. The van der Waals surface area contributed by atoms with Crippen LogP contribution < -0.4 is 4.74 Å². The summed E-state index contributed by atoms with van der Waals surface area (Å²) in [5, 5.41) is 20.1. The highest BCUT2D eigenvalue weighted by Crippen LogP contribution is 2.49. The first kappa shape index (κ1) is 18.2. The fourth-order valence-electron chi connectivity index (χ4n) is 2.82. The van der Waals surface area contributed by atoms with Gasteiger partial charge in [0, 0.05) is 27.9 Å². The van der Waals surface area contributed by atoms with Crippen molar-refractivity contribution in [3.8, 4) is 11.5 Å². The van der Waals surface area contributed by atoms with Crippen LogP contribution in [0.1, 0.15) is 23.3 Å². The van der Waals surface area contributed by atoms with Crippen molar-refractivity contribution in [1.82, 2.24) is 0 Å². The smallest absolute Gasteiger partial charge is 0.175 e. The van der Waals surface area contributed by atoms with E-state index in [0.717, 1.165) is 18.4 Å². The number of hydrogen-bond acceptors (Lipinski definition) is 5. The molecule has 134 valence electrons. The van der Waals surface area contributed by atoms with Crippen LogP contribution in [-0.2, 0) is 9.84 Å². The van der Waals surface area contributed by atoms with E-state index in [-0.39, 0.29) is 27.5 Å². The standard InChI is InChI=1S/C16H13BrF2O5S/c1-25(22,23)11-3-2-10(12-13(11)16(21)14(19)15(12)20)24-9-5-7(17)4-8(18)6-9/h2-6,14-16,20-21H,1H3/t14-,15+,16+/m1/s1. The summed E-state index contributed by atoms with van der Waals surface area (Å²) in [5.41, 5.74) is -0.404. The van der Waals surface area contributed by atoms with E-state index >= 15 is 0 Å². The van der Waals surface area contributed by atoms with E-state index < -0.39 is 34.0 Å². The van der Waals surface area contributed by atoms with Gasteiger partial charge >= 0.3 is 0 Å². The number of hydrogen-bond donors (Lipinski definition) is 2. The van der Waals surface area contributed by atoms with Crippen molar-refractivity contribution in [1.29, 1.82) is 0 Å². The molecule has 0 aromatic heterocycles. The molecule has 25 heavy (non-hydrogen) atoms. The summed E-state index contributed by atoms with van der Waals surface area (Å²) in [7, 11) is -3.77. The SMILES string of the molecule is CS(=O)(=O)c1ccc(Oc2cc(F)cc(Br)c2)c2c1[C@H](O)[C@H](F)[C@H]2O. The van der Waals surface area contributed by atoms with E-state index in [9.17, 15) is 27.4 Å². The molecule has 2 N–H and O–H groups in total. The maximum absolute atomic E-state index is 14.1. The Bertz CT molecular complexity index is 928. The number of halogens is 3. The van der Waals surface area contributed by atoms with Crippen LogP contribution in [0.3, 0.4) is 0 Å². The quantitative estimate of drug-likeness (QED) is 0.774. The number of fused-ring (bicyclic) bond motifs is 1. The van der Waals surface area contributed by atoms with Crippen molar-refractivity contribution in [2.24, 2.45) is 0 Å². The number of aliphatic hydroxyl groups excluding tert-OH is 2. The molecule has 5 nitrogen and oxygen atoms in total. The van der Waals surface area contributed by atoms with Gasteiger partial charge in [-0.2, -0.15) is 0 Å². The van der Waals surface area contributed by atoms with Gasteiger partial charge in [0.25, 0.3) is 0 Å². The Balaban J connectivity index is 2.17. The summed E-state index contributed by atoms with van der Waals surface area (Å²) < 4.78 is 57.3. The zero-order valence-electron chi connectivity index (χ0n) is 12.8. The molecular weight excluding hydrogens is 422 g/mol. The van der Waals surface area contributed by atoms with Gasteiger partial charge in [-0.1, -0.05) is 15.9 Å². The Hall–Kier alpha value is -1.55. The summed E-state index contributed by atoms with van der Waals surface area (Å²) >= 11 is 3.11. The molecule has 3 atom stereocenters. The maximum atomic E-state index is 14.1. The predicted octanol–water partition coefficient (Wildman–Crippen LogP) is 3.20. The average molecular weight is 435 g/mol. The minimum Gasteiger partial charge on any atom is -0.457 e. The van der Waals surface area contributed by atoms with Crippen LogP contribution in [0, 0.1) is 5.82 Å². The molecule has 0 fully saturated rings. The average Bonchev–Trinajstić information content (AvgIpc) is 2.71. The molecule has 9 heteroatoms. The Labute approximate surface area is 150 Å². The molecule has 0 amide bonds. The van der Waals surface area contributed by atoms with Crippen molar-refractivity contribution in [2.45, 2.75) is 23.3 Å². The molecular formula is C16H13BrF2O5S. The Morgan fingerprint density at radius 1 is 1.12 bits per heavy atom. The zero-order chi connectivity index (χ0) is 18.5. The van der Waals surface area contributed by atoms with Crippen LogP contribution >= 0.6 is 15.9 Å². The lowest BCUT2D eigenvalue weighted by molar-refractivity contribution is 0.00836. The van der Waals surface area contributed by atoms with Crippen LogP contribution in [0.2, 0.25) is 0 Å². The molecule has 0 aliphatic heterocycles. The van der Waals surface area contributed by atoms with Crippen LogP contribution in [0.15, 0.2) is 39.7 Å². The molecule has 3 rings (SSSR count). The first-order valence-corrected chi connectivity index (χ1v) is 9.79. The molecule has 1 aliphatic carbocycles. The summed E-state index contributed by atoms with van der Waals surface area (Å²) in [4.78, 5) is -0.290. The van der Waals surface area contributed by atoms with Crippen molar-refractivity contribution >= 4 is 25.8 Å². The van der Waals surface area contributed by atoms with Gasteiger partial charge in [-0.05, 0) is 24.3 Å². The normalized spacial score (nSPS) is 22.7. The number of rotatable bonds is 3. The van der Waals surface area contributed by atoms with E-state index in [0.29, 0.717) is 4.47 Å². The molecule has 0 saturated heterocycles. The second kappa shape index (κ2) is 6.31. The van der Waals surface area contributed by atoms with Gasteiger partial charge in [0.2, 0.25) is 0 Å². The number of alkyl halides is 1. The Kier molecular flexibility index (Phi) is 4.61. The van der Waals surface area contributed by atoms with Crippen molar-refractivity contribution in [3.05, 3.63) is 51.7 Å². The molecule has 0 spiro atoms. The van der Waals surface area contributed by atoms with E-state index in [2.05, 4.69) is 15.9 Å². The second-order valence-corrected chi connectivity index (χ2v) is 8.60. The largest absolute Gasteiger partial charge is 0.457 e. The summed E-state index contributed by atoms with van der Waals surface area (Å²) in [6.07, 6.45) is -4.76. The number of ether oxygens (including phenoxy) is 1. The molecule has 0 unspecified atom stereocenters. The summed E-state index contributed by atoms with van der Waals surface area (Å²) in [5.74, 6) is -0.588. The van der Waals surface area contributed by atoms with Gasteiger partial charge in [0.05, 0.1) is 4.90 Å². The molecule has 0 bridgehead atoms. The summed E-state index contributed by atoms with van der Waals surface area (Å²) in [6, 6.07) is 6.13. The third-order valence-electron chi connectivity index (χ3n) is 3.87. The zero-order valence-corrected chi connectivity index (χ0v) is 15.2. The Morgan fingerprint density at radius 2 is 1.76 bits per heavy atom. The topological polar surface area (TPSA) is 83.8 Å². The maximum Gasteiger partial charge on any atom is 0.175 e. The lowest BCUT2D eigenvalue weighted by Gasteiger charge is -2.15. The van der Waals surface area contributed by atoms with E-state index in [4.69, 9.17) is 4.74 Å². The van der Waals surface area contributed by atoms with Crippen molar-refractivity contribution in [2.75, 3.05) is 6.26 Å². The van der Waals surface area contributed by atoms with Crippen molar-refractivity contribution < 1.29 is 32.1 Å². The minimum atomic E-state index is -3.77. The highest BCUT2D eigenvalue weighted by molar-refractivity contribution is 9.10. The molecule has 2 aromatic rings. The third kappa shape index (κ3) is 3.29. The third-order valence-corrected chi connectivity index (χ3v) is 5.48. The number of aliphatic hydroxyl groups is 2. The lowest BCUT2D eigenvalue weighted by Crippen LogP contribution is -2.13. The van der Waals surface area contributed by atoms with Gasteiger partial charge in [-0.15, -0.1) is 0 Å². The minimum absolute atomic E-state index is 0.0604. The lowest BCUT2D eigenvalue weighted by atomic mass is 10.1. The van der Waals surface area contributed by atoms with Gasteiger partial charge in [0.1, 0.15) is 29.5 Å². The monoisotopic (exact) mass is 434 g/mol. The van der Waals surface area contributed by atoms with Crippen LogP contribution in [0.25, 0.3) is 0 Å². The highest BCUT2D eigenvalue weighted by atomic mass is 79.9. The first-order valence-electron chi connectivity index (χ1n) is 7.10. The second-order valence-electron chi connectivity index (χ2n) is 5.70. The first-order chi connectivity index (χ1) is 11.6. The fraction of sp³-hybridized carbons (Fsp3) is 0.250. The number of sulfone groups is 1. The Morgan fingerprint density at radius 3 is 2.36 bits per heavy atom. The molecule has 0 radical (unpaired) electrons. The fourth-order valence-corrected chi connectivity index (χ4v) is 4.21. The number of benzene rings is 2. The molecule has 0 saturated carbocycles. The van der Waals surface area contributed by atoms with Gasteiger partial charge in [-0.25, -0.2) is 17.2 Å². The van der Waals surface area contributed by atoms with Gasteiger partial charge in [0.15, 0.2) is 16.0 Å². The molecule has 2 aromatic carbocycles. The van der Waals surface area contributed by atoms with E-state index in [1.165, 1.54) is 18.2 Å². The molecule has 1 aliphatic rings. The van der Waals surface area contributed by atoms with Gasteiger partial charge < -0.3 is 14.9 Å². The van der Waals surface area contributed by atoms with Gasteiger partial charge in [-0.3, -0.25) is 0 Å². The molecule has 0 heterocycles. The van der Waals surface area contributed by atoms with E-state index in [1.807, 2.05) is 0 Å². The highest BCUT2D eigenvalue weighted by Gasteiger charge is 2.44. The van der Waals surface area contributed by atoms with E-state index in [1.54, 1.807) is 0 Å². The summed E-state index contributed by atoms with van der Waals surface area (Å²) in [6.45, 7) is 0. The van der Waals surface area contributed by atoms with Crippen LogP contribution in [0.4, 0.5) is 8.78 Å².